The first kappa shape index (κ1) is 20.7. The first-order valence-corrected chi connectivity index (χ1v) is 8.08. The number of amides is 1. The van der Waals surface area contributed by atoms with E-state index in [4.69, 9.17) is 5.73 Å². The van der Waals surface area contributed by atoms with Crippen LogP contribution in [0.15, 0.2) is 29.3 Å². The number of primary amides is 1. The van der Waals surface area contributed by atoms with Crippen molar-refractivity contribution in [2.24, 2.45) is 22.6 Å². The van der Waals surface area contributed by atoms with Crippen LogP contribution in [-0.4, -0.2) is 31.0 Å². The monoisotopic (exact) mass is 448 g/mol. The Kier molecular flexibility index (Phi) is 8.44. The molecule has 134 valence electrons. The highest BCUT2D eigenvalue weighted by Crippen LogP contribution is 2.28. The number of nitrogens with two attached hydrogens (primary N) is 1. The maximum atomic E-state index is 13.0. The third-order valence-corrected chi connectivity index (χ3v) is 4.04. The molecule has 0 bridgehead atoms. The first-order valence-electron chi connectivity index (χ1n) is 8.08. The molecule has 0 spiro atoms. The standard InChI is InChI=1S/C17H25FN4O.HI/c1-3-20-17(22-15-8-11(15)2)21-10-13(16(19)23)9-12-4-6-14(18)7-5-12;/h4-7,11,13,15H,3,8-10H2,1-2H3,(H2,19,23)(H2,20,21,22);1H. The third kappa shape index (κ3) is 6.62. The van der Waals surface area contributed by atoms with Crippen molar-refractivity contribution in [2.45, 2.75) is 32.7 Å². The number of hydrogen-bond acceptors (Lipinski definition) is 2. The van der Waals surface area contributed by atoms with E-state index in [0.29, 0.717) is 30.9 Å². The van der Waals surface area contributed by atoms with E-state index < -0.39 is 11.8 Å². The highest BCUT2D eigenvalue weighted by Gasteiger charge is 2.33. The molecule has 7 heteroatoms. The molecule has 0 radical (unpaired) electrons. The molecule has 3 unspecified atom stereocenters. The molecular weight excluding hydrogens is 422 g/mol. The average Bonchev–Trinajstić information content (AvgIpc) is 3.20. The molecular formula is C17H26FIN4O. The molecule has 1 amide bonds. The Morgan fingerprint density at radius 1 is 1.42 bits per heavy atom. The molecule has 1 fully saturated rings. The number of carbonyl (C=O) groups excluding carboxylic acids is 1. The number of guanidine groups is 1. The number of aliphatic imine (C=N–C) groups is 1. The van der Waals surface area contributed by atoms with Crippen LogP contribution in [0.2, 0.25) is 0 Å². The van der Waals surface area contributed by atoms with Crippen LogP contribution < -0.4 is 16.4 Å². The van der Waals surface area contributed by atoms with Gasteiger partial charge in [-0.25, -0.2) is 4.39 Å². The van der Waals surface area contributed by atoms with Crippen molar-refractivity contribution >= 4 is 35.8 Å². The summed E-state index contributed by atoms with van der Waals surface area (Å²) in [6, 6.07) is 6.57. The van der Waals surface area contributed by atoms with E-state index in [-0.39, 0.29) is 29.8 Å². The van der Waals surface area contributed by atoms with Gasteiger partial charge < -0.3 is 16.4 Å². The summed E-state index contributed by atoms with van der Waals surface area (Å²) >= 11 is 0. The van der Waals surface area contributed by atoms with Crippen LogP contribution in [0.5, 0.6) is 0 Å². The van der Waals surface area contributed by atoms with Crippen LogP contribution in [0.4, 0.5) is 4.39 Å². The fraction of sp³-hybridized carbons (Fsp3) is 0.529. The van der Waals surface area contributed by atoms with Gasteiger partial charge in [-0.3, -0.25) is 9.79 Å². The minimum Gasteiger partial charge on any atom is -0.369 e. The molecule has 2 rings (SSSR count). The molecule has 4 N–H and O–H groups in total. The summed E-state index contributed by atoms with van der Waals surface area (Å²) in [5.74, 6) is 0.276. The van der Waals surface area contributed by atoms with Gasteiger partial charge in [-0.15, -0.1) is 24.0 Å². The first-order chi connectivity index (χ1) is 11.0. The quantitative estimate of drug-likeness (QED) is 0.340. The van der Waals surface area contributed by atoms with Gasteiger partial charge in [-0.1, -0.05) is 19.1 Å². The van der Waals surface area contributed by atoms with Gasteiger partial charge in [0, 0.05) is 12.6 Å². The van der Waals surface area contributed by atoms with E-state index in [2.05, 4.69) is 22.5 Å². The molecule has 5 nitrogen and oxygen atoms in total. The van der Waals surface area contributed by atoms with Crippen LogP contribution in [0.25, 0.3) is 0 Å². The highest BCUT2D eigenvalue weighted by atomic mass is 127. The van der Waals surface area contributed by atoms with Crippen LogP contribution in [0.3, 0.4) is 0 Å². The molecule has 1 saturated carbocycles. The zero-order chi connectivity index (χ0) is 16.8. The Bertz CT molecular complexity index is 564. The van der Waals surface area contributed by atoms with Crippen LogP contribution in [-0.2, 0) is 11.2 Å². The zero-order valence-corrected chi connectivity index (χ0v) is 16.4. The predicted molar refractivity (Wildman–Crippen MR) is 105 cm³/mol. The molecule has 0 aliphatic heterocycles. The minimum absolute atomic E-state index is 0. The lowest BCUT2D eigenvalue weighted by atomic mass is 9.99. The molecule has 1 aliphatic rings. The highest BCUT2D eigenvalue weighted by molar-refractivity contribution is 14.0. The van der Waals surface area contributed by atoms with Crippen molar-refractivity contribution in [3.8, 4) is 0 Å². The SMILES string of the molecule is CCNC(=NCC(Cc1ccc(F)cc1)C(N)=O)NC1CC1C.I. The van der Waals surface area contributed by atoms with Gasteiger partial charge in [0.15, 0.2) is 5.96 Å². The van der Waals surface area contributed by atoms with Gasteiger partial charge in [0.1, 0.15) is 5.82 Å². The van der Waals surface area contributed by atoms with Crippen LogP contribution in [0.1, 0.15) is 25.8 Å². The Labute approximate surface area is 159 Å². The fourth-order valence-electron chi connectivity index (χ4n) is 2.38. The fourth-order valence-corrected chi connectivity index (χ4v) is 2.38. The Morgan fingerprint density at radius 3 is 2.54 bits per heavy atom. The van der Waals surface area contributed by atoms with Crippen LogP contribution >= 0.6 is 24.0 Å². The Morgan fingerprint density at radius 2 is 2.04 bits per heavy atom. The van der Waals surface area contributed by atoms with Gasteiger partial charge in [-0.05, 0) is 43.4 Å². The molecule has 0 aromatic heterocycles. The smallest absolute Gasteiger partial charge is 0.222 e. The van der Waals surface area contributed by atoms with Gasteiger partial charge in [-0.2, -0.15) is 0 Å². The van der Waals surface area contributed by atoms with E-state index >= 15 is 0 Å². The zero-order valence-electron chi connectivity index (χ0n) is 14.1. The van der Waals surface area contributed by atoms with Crippen molar-refractivity contribution in [1.29, 1.82) is 0 Å². The molecule has 0 heterocycles. The molecule has 1 aliphatic carbocycles. The second kappa shape index (κ2) is 9.80. The van der Waals surface area contributed by atoms with Crippen molar-refractivity contribution in [3.63, 3.8) is 0 Å². The van der Waals surface area contributed by atoms with E-state index in [0.717, 1.165) is 18.5 Å². The topological polar surface area (TPSA) is 79.5 Å². The summed E-state index contributed by atoms with van der Waals surface area (Å²) in [4.78, 5) is 16.1. The number of carbonyl (C=O) groups is 1. The molecule has 1 aromatic carbocycles. The number of nitrogens with one attached hydrogen (secondary N) is 2. The molecule has 24 heavy (non-hydrogen) atoms. The lowest BCUT2D eigenvalue weighted by Crippen LogP contribution is -2.40. The van der Waals surface area contributed by atoms with Gasteiger partial charge in [0.2, 0.25) is 5.91 Å². The van der Waals surface area contributed by atoms with Crippen molar-refractivity contribution in [3.05, 3.63) is 35.6 Å². The number of hydrogen-bond donors (Lipinski definition) is 3. The molecule has 0 saturated heterocycles. The number of rotatable bonds is 7. The molecule has 1 aromatic rings. The maximum Gasteiger partial charge on any atom is 0.222 e. The maximum absolute atomic E-state index is 13.0. The Hall–Kier alpha value is -1.38. The summed E-state index contributed by atoms with van der Waals surface area (Å²) < 4.78 is 13.0. The molecule has 3 atom stereocenters. The van der Waals surface area contributed by atoms with Gasteiger partial charge in [0.05, 0.1) is 12.5 Å². The van der Waals surface area contributed by atoms with Crippen molar-refractivity contribution < 1.29 is 9.18 Å². The second-order valence-corrected chi connectivity index (χ2v) is 6.11. The summed E-state index contributed by atoms with van der Waals surface area (Å²) in [5, 5.41) is 6.52. The van der Waals surface area contributed by atoms with E-state index in [1.165, 1.54) is 12.1 Å². The van der Waals surface area contributed by atoms with Crippen molar-refractivity contribution in [1.82, 2.24) is 10.6 Å². The van der Waals surface area contributed by atoms with Crippen molar-refractivity contribution in [2.75, 3.05) is 13.1 Å². The summed E-state index contributed by atoms with van der Waals surface area (Å²) in [5.41, 5.74) is 6.36. The predicted octanol–water partition coefficient (Wildman–Crippen LogP) is 2.05. The lowest BCUT2D eigenvalue weighted by molar-refractivity contribution is -0.121. The van der Waals surface area contributed by atoms with E-state index in [1.54, 1.807) is 12.1 Å². The third-order valence-electron chi connectivity index (χ3n) is 4.04. The average molecular weight is 448 g/mol. The van der Waals surface area contributed by atoms with Crippen LogP contribution in [0, 0.1) is 17.7 Å². The largest absolute Gasteiger partial charge is 0.369 e. The van der Waals surface area contributed by atoms with Gasteiger partial charge in [0.25, 0.3) is 0 Å². The van der Waals surface area contributed by atoms with E-state index in [1.807, 2.05) is 6.92 Å². The number of benzene rings is 1. The summed E-state index contributed by atoms with van der Waals surface area (Å²) in [6.45, 7) is 5.24. The summed E-state index contributed by atoms with van der Waals surface area (Å²) in [7, 11) is 0. The second-order valence-electron chi connectivity index (χ2n) is 6.11. The normalized spacial score (nSPS) is 20.7. The number of halogens is 2. The Balaban J connectivity index is 0.00000288. The van der Waals surface area contributed by atoms with Gasteiger partial charge >= 0.3 is 0 Å². The minimum atomic E-state index is -0.410. The summed E-state index contributed by atoms with van der Waals surface area (Å²) in [6.07, 6.45) is 1.59. The van der Waals surface area contributed by atoms with E-state index in [9.17, 15) is 9.18 Å². The lowest BCUT2D eigenvalue weighted by Gasteiger charge is -2.14. The number of nitrogens with zero attached hydrogens (tertiary/aromatic N) is 1.